The molecule has 0 aliphatic carbocycles. The summed E-state index contributed by atoms with van der Waals surface area (Å²) in [5.74, 6) is -0.997. The van der Waals surface area contributed by atoms with Gasteiger partial charge in [0, 0.05) is 22.4 Å². The van der Waals surface area contributed by atoms with E-state index in [1.165, 1.54) is 0 Å². The Morgan fingerprint density at radius 1 is 1.28 bits per heavy atom. The molecule has 4 heteroatoms. The maximum absolute atomic E-state index is 12.2. The Morgan fingerprint density at radius 3 is 2.61 bits per heavy atom. The minimum atomic E-state index is -0.787. The number of rotatable bonds is 3. The van der Waals surface area contributed by atoms with Crippen LogP contribution in [0.25, 0.3) is 0 Å². The highest BCUT2D eigenvalue weighted by atomic mass is 79.9. The van der Waals surface area contributed by atoms with Gasteiger partial charge in [-0.3, -0.25) is 9.78 Å². The van der Waals surface area contributed by atoms with Gasteiger partial charge in [0.25, 0.3) is 0 Å². The van der Waals surface area contributed by atoms with Gasteiger partial charge < -0.3 is 0 Å². The first kappa shape index (κ1) is 12.5. The fraction of sp³-hybridized carbons (Fsp3) is 0.0714. The number of pyridine rings is 1. The molecule has 0 spiro atoms. The normalized spacial score (nSPS) is 11.6. The Labute approximate surface area is 113 Å². The summed E-state index contributed by atoms with van der Waals surface area (Å²) in [7, 11) is 0. The van der Waals surface area contributed by atoms with Gasteiger partial charge in [0.05, 0.1) is 6.07 Å². The van der Waals surface area contributed by atoms with Crippen molar-refractivity contribution in [3.63, 3.8) is 0 Å². The first-order valence-electron chi connectivity index (χ1n) is 5.31. The van der Waals surface area contributed by atoms with Crippen molar-refractivity contribution in [1.29, 1.82) is 5.26 Å². The van der Waals surface area contributed by atoms with E-state index in [1.54, 1.807) is 36.7 Å². The molecular weight excluding hydrogens is 292 g/mol. The van der Waals surface area contributed by atoms with E-state index in [-0.39, 0.29) is 5.78 Å². The highest BCUT2D eigenvalue weighted by Gasteiger charge is 2.21. The van der Waals surface area contributed by atoms with Crippen LogP contribution in [0.15, 0.2) is 53.3 Å². The van der Waals surface area contributed by atoms with E-state index in [2.05, 4.69) is 27.0 Å². The fourth-order valence-electron chi connectivity index (χ4n) is 1.65. The number of hydrogen-bond donors (Lipinski definition) is 0. The fourth-order valence-corrected chi connectivity index (χ4v) is 2.07. The van der Waals surface area contributed by atoms with E-state index < -0.39 is 5.92 Å². The molecule has 0 saturated heterocycles. The molecule has 0 aliphatic rings. The Morgan fingerprint density at radius 2 is 2.00 bits per heavy atom. The predicted octanol–water partition coefficient (Wildman–Crippen LogP) is 3.33. The third kappa shape index (κ3) is 2.63. The molecule has 0 aliphatic heterocycles. The Balaban J connectivity index is 2.36. The van der Waals surface area contributed by atoms with E-state index >= 15 is 0 Å². The number of hydrogen-bond acceptors (Lipinski definition) is 3. The van der Waals surface area contributed by atoms with Crippen LogP contribution >= 0.6 is 15.9 Å². The molecule has 1 heterocycles. The molecule has 0 bridgehead atoms. The average Bonchev–Trinajstić information content (AvgIpc) is 2.40. The summed E-state index contributed by atoms with van der Waals surface area (Å²) in [6.07, 6.45) is 3.09. The zero-order chi connectivity index (χ0) is 13.0. The maximum atomic E-state index is 12.2. The summed E-state index contributed by atoms with van der Waals surface area (Å²) >= 11 is 3.33. The monoisotopic (exact) mass is 300 g/mol. The molecule has 0 saturated carbocycles. The standard InChI is InChI=1S/C14H9BrN2O/c15-12-3-1-2-11(8-12)13(9-16)14(18)10-4-6-17-7-5-10/h1-8,13H. The largest absolute Gasteiger partial charge is 0.292 e. The van der Waals surface area contributed by atoms with Crippen molar-refractivity contribution < 1.29 is 4.79 Å². The number of aromatic nitrogens is 1. The number of nitriles is 1. The third-order valence-corrected chi connectivity index (χ3v) is 3.03. The van der Waals surface area contributed by atoms with Crippen LogP contribution in [0.3, 0.4) is 0 Å². The summed E-state index contributed by atoms with van der Waals surface area (Å²) < 4.78 is 0.850. The average molecular weight is 301 g/mol. The van der Waals surface area contributed by atoms with E-state index in [1.807, 2.05) is 12.1 Å². The summed E-state index contributed by atoms with van der Waals surface area (Å²) in [5, 5.41) is 9.20. The molecule has 1 aromatic carbocycles. The van der Waals surface area contributed by atoms with Gasteiger partial charge in [-0.05, 0) is 29.8 Å². The molecule has 0 amide bonds. The molecule has 2 rings (SSSR count). The lowest BCUT2D eigenvalue weighted by atomic mass is 9.92. The molecule has 18 heavy (non-hydrogen) atoms. The van der Waals surface area contributed by atoms with Gasteiger partial charge in [0.15, 0.2) is 5.78 Å². The number of halogens is 1. The highest BCUT2D eigenvalue weighted by Crippen LogP contribution is 2.23. The van der Waals surface area contributed by atoms with E-state index in [9.17, 15) is 10.1 Å². The van der Waals surface area contributed by atoms with Crippen molar-refractivity contribution >= 4 is 21.7 Å². The van der Waals surface area contributed by atoms with Crippen molar-refractivity contribution in [2.45, 2.75) is 5.92 Å². The van der Waals surface area contributed by atoms with Crippen molar-refractivity contribution in [3.05, 3.63) is 64.4 Å². The van der Waals surface area contributed by atoms with Gasteiger partial charge in [-0.1, -0.05) is 28.1 Å². The van der Waals surface area contributed by atoms with Crippen LogP contribution < -0.4 is 0 Å². The maximum Gasteiger partial charge on any atom is 0.184 e. The van der Waals surface area contributed by atoms with Crippen molar-refractivity contribution in [1.82, 2.24) is 4.98 Å². The lowest BCUT2D eigenvalue weighted by Crippen LogP contribution is -2.11. The molecule has 1 atom stereocenters. The van der Waals surface area contributed by atoms with Crippen LogP contribution in [0.4, 0.5) is 0 Å². The van der Waals surface area contributed by atoms with Gasteiger partial charge in [-0.25, -0.2) is 0 Å². The Hall–Kier alpha value is -1.99. The first-order valence-corrected chi connectivity index (χ1v) is 6.11. The number of carbonyl (C=O) groups is 1. The van der Waals surface area contributed by atoms with Crippen LogP contribution in [0.5, 0.6) is 0 Å². The number of ketones is 1. The molecule has 0 N–H and O–H groups in total. The quantitative estimate of drug-likeness (QED) is 0.817. The summed E-state index contributed by atoms with van der Waals surface area (Å²) in [6.45, 7) is 0. The lowest BCUT2D eigenvalue weighted by Gasteiger charge is -2.08. The number of carbonyl (C=O) groups excluding carboxylic acids is 1. The SMILES string of the molecule is N#CC(C(=O)c1ccncc1)c1cccc(Br)c1. The zero-order valence-corrected chi connectivity index (χ0v) is 11.0. The minimum absolute atomic E-state index is 0.210. The summed E-state index contributed by atoms with van der Waals surface area (Å²) in [6, 6.07) is 12.5. The second kappa shape index (κ2) is 5.56. The Kier molecular flexibility index (Phi) is 3.85. The van der Waals surface area contributed by atoms with Crippen molar-refractivity contribution in [3.8, 4) is 6.07 Å². The van der Waals surface area contributed by atoms with Gasteiger partial charge in [0.1, 0.15) is 5.92 Å². The lowest BCUT2D eigenvalue weighted by molar-refractivity contribution is 0.0979. The van der Waals surface area contributed by atoms with Crippen LogP contribution in [-0.4, -0.2) is 10.8 Å². The van der Waals surface area contributed by atoms with Gasteiger partial charge in [-0.2, -0.15) is 5.26 Å². The number of benzene rings is 1. The predicted molar refractivity (Wildman–Crippen MR) is 71.1 cm³/mol. The van der Waals surface area contributed by atoms with Crippen molar-refractivity contribution in [2.24, 2.45) is 0 Å². The van der Waals surface area contributed by atoms with Crippen LogP contribution in [0.2, 0.25) is 0 Å². The second-order valence-electron chi connectivity index (χ2n) is 3.72. The highest BCUT2D eigenvalue weighted by molar-refractivity contribution is 9.10. The molecule has 0 radical (unpaired) electrons. The number of nitrogens with zero attached hydrogens (tertiary/aromatic N) is 2. The topological polar surface area (TPSA) is 53.8 Å². The van der Waals surface area contributed by atoms with Gasteiger partial charge >= 0.3 is 0 Å². The molecule has 88 valence electrons. The number of Topliss-reactive ketones (excluding diaryl/α,β-unsaturated/α-hetero) is 1. The molecule has 2 aromatic rings. The first-order chi connectivity index (χ1) is 8.72. The molecule has 0 fully saturated rings. The van der Waals surface area contributed by atoms with E-state index in [0.29, 0.717) is 11.1 Å². The second-order valence-corrected chi connectivity index (χ2v) is 4.63. The molecule has 3 nitrogen and oxygen atoms in total. The van der Waals surface area contributed by atoms with Crippen molar-refractivity contribution in [2.75, 3.05) is 0 Å². The van der Waals surface area contributed by atoms with Crippen LogP contribution in [0, 0.1) is 11.3 Å². The molecule has 1 unspecified atom stereocenters. The van der Waals surface area contributed by atoms with Gasteiger partial charge in [-0.15, -0.1) is 0 Å². The Bertz CT molecular complexity index is 605. The summed E-state index contributed by atoms with van der Waals surface area (Å²) in [4.78, 5) is 16.1. The smallest absolute Gasteiger partial charge is 0.184 e. The van der Waals surface area contributed by atoms with Crippen LogP contribution in [0.1, 0.15) is 21.8 Å². The zero-order valence-electron chi connectivity index (χ0n) is 9.38. The van der Waals surface area contributed by atoms with E-state index in [0.717, 1.165) is 4.47 Å². The molecular formula is C14H9BrN2O. The third-order valence-electron chi connectivity index (χ3n) is 2.54. The van der Waals surface area contributed by atoms with Crippen LogP contribution in [-0.2, 0) is 0 Å². The van der Waals surface area contributed by atoms with Gasteiger partial charge in [0.2, 0.25) is 0 Å². The van der Waals surface area contributed by atoms with E-state index in [4.69, 9.17) is 0 Å². The molecule has 1 aromatic heterocycles. The summed E-state index contributed by atoms with van der Waals surface area (Å²) in [5.41, 5.74) is 1.19. The minimum Gasteiger partial charge on any atom is -0.292 e.